The van der Waals surface area contributed by atoms with Crippen molar-refractivity contribution in [1.29, 1.82) is 0 Å². The molecule has 0 bridgehead atoms. The van der Waals surface area contributed by atoms with Gasteiger partial charge in [-0.15, -0.1) is 0 Å². The number of likely N-dealkylation sites (tertiary alicyclic amines) is 1. The maximum atomic E-state index is 9.94. The minimum absolute atomic E-state index is 0.0367. The van der Waals surface area contributed by atoms with Crippen LogP contribution in [0.3, 0.4) is 0 Å². The second-order valence-electron chi connectivity index (χ2n) is 4.35. The molecule has 1 heterocycles. The first kappa shape index (κ1) is 14.3. The molecule has 0 aromatic carbocycles. The van der Waals surface area contributed by atoms with Crippen LogP contribution in [0, 0.1) is 0 Å². The highest BCUT2D eigenvalue weighted by atomic mass is 32.2. The van der Waals surface area contributed by atoms with Crippen molar-refractivity contribution in [3.05, 3.63) is 0 Å². The van der Waals surface area contributed by atoms with Gasteiger partial charge in [-0.05, 0) is 19.2 Å². The lowest BCUT2D eigenvalue weighted by molar-refractivity contribution is -0.0857. The van der Waals surface area contributed by atoms with Crippen LogP contribution in [0.2, 0.25) is 0 Å². The van der Waals surface area contributed by atoms with E-state index >= 15 is 0 Å². The third-order valence-electron chi connectivity index (χ3n) is 3.30. The molecule has 1 aliphatic heterocycles. The zero-order valence-corrected chi connectivity index (χ0v) is 10.9. The van der Waals surface area contributed by atoms with E-state index in [1.165, 1.54) is 0 Å². The number of nitrogens with zero attached hydrogens (tertiary/aromatic N) is 1. The average Bonchev–Trinajstić information content (AvgIpc) is 2.30. The number of piperidine rings is 1. The molecule has 1 saturated heterocycles. The van der Waals surface area contributed by atoms with E-state index in [0.29, 0.717) is 0 Å². The first-order valence-corrected chi connectivity index (χ1v) is 7.18. The summed E-state index contributed by atoms with van der Waals surface area (Å²) >= 11 is 1.57. The van der Waals surface area contributed by atoms with Gasteiger partial charge in [-0.1, -0.05) is 13.3 Å². The van der Waals surface area contributed by atoms with Crippen molar-refractivity contribution in [3.8, 4) is 0 Å². The minimum Gasteiger partial charge on any atom is -0.395 e. The van der Waals surface area contributed by atoms with E-state index in [0.717, 1.165) is 25.9 Å². The molecule has 3 N–H and O–H groups in total. The van der Waals surface area contributed by atoms with E-state index in [4.69, 9.17) is 0 Å². The van der Waals surface area contributed by atoms with Gasteiger partial charge in [-0.2, -0.15) is 11.8 Å². The van der Waals surface area contributed by atoms with E-state index < -0.39 is 12.2 Å². The first-order chi connectivity index (χ1) is 7.65. The Morgan fingerprint density at radius 1 is 1.31 bits per heavy atom. The molecule has 0 saturated carbocycles. The smallest absolute Gasteiger partial charge is 0.0987 e. The maximum Gasteiger partial charge on any atom is 0.0987 e. The summed E-state index contributed by atoms with van der Waals surface area (Å²) in [4.78, 5) is 2.10. The Morgan fingerprint density at radius 3 is 2.50 bits per heavy atom. The third kappa shape index (κ3) is 3.11. The highest BCUT2D eigenvalue weighted by molar-refractivity contribution is 7.99. The van der Waals surface area contributed by atoms with Crippen LogP contribution in [0.5, 0.6) is 0 Å². The Hall–Kier alpha value is 0.190. The molecule has 96 valence electrons. The van der Waals surface area contributed by atoms with E-state index in [1.54, 1.807) is 11.8 Å². The van der Waals surface area contributed by atoms with Gasteiger partial charge in [-0.25, -0.2) is 0 Å². The van der Waals surface area contributed by atoms with Crippen LogP contribution in [-0.2, 0) is 0 Å². The monoisotopic (exact) mass is 249 g/mol. The SMILES string of the molecule is CCCCN1C[C@H](SC)[C@@H](O)[C@H](O)[C@H]1CO. The zero-order valence-electron chi connectivity index (χ0n) is 10.0. The molecule has 4 atom stereocenters. The van der Waals surface area contributed by atoms with Crippen LogP contribution in [0.1, 0.15) is 19.8 Å². The molecule has 1 fully saturated rings. The van der Waals surface area contributed by atoms with Crippen LogP contribution in [0.4, 0.5) is 0 Å². The van der Waals surface area contributed by atoms with Gasteiger partial charge in [-0.3, -0.25) is 4.90 Å². The fourth-order valence-corrected chi connectivity index (χ4v) is 2.97. The summed E-state index contributed by atoms with van der Waals surface area (Å²) in [6, 6.07) is -0.315. The average molecular weight is 249 g/mol. The van der Waals surface area contributed by atoms with Crippen molar-refractivity contribution in [3.63, 3.8) is 0 Å². The topological polar surface area (TPSA) is 63.9 Å². The molecule has 0 aliphatic carbocycles. The molecular formula is C11H23NO3S. The molecule has 5 heteroatoms. The second-order valence-corrected chi connectivity index (χ2v) is 5.43. The maximum absolute atomic E-state index is 9.94. The van der Waals surface area contributed by atoms with Crippen molar-refractivity contribution in [1.82, 2.24) is 4.90 Å². The fraction of sp³-hybridized carbons (Fsp3) is 1.00. The molecule has 4 nitrogen and oxygen atoms in total. The second kappa shape index (κ2) is 6.81. The number of unbranched alkanes of at least 4 members (excludes halogenated alkanes) is 1. The van der Waals surface area contributed by atoms with Crippen LogP contribution < -0.4 is 0 Å². The summed E-state index contributed by atoms with van der Waals surface area (Å²) in [5, 5.41) is 29.1. The minimum atomic E-state index is -0.840. The molecule has 0 spiro atoms. The largest absolute Gasteiger partial charge is 0.395 e. The number of aliphatic hydroxyl groups is 3. The van der Waals surface area contributed by atoms with Crippen molar-refractivity contribution < 1.29 is 15.3 Å². The molecule has 0 radical (unpaired) electrons. The molecule has 0 aromatic heterocycles. The highest BCUT2D eigenvalue weighted by Crippen LogP contribution is 2.25. The highest BCUT2D eigenvalue weighted by Gasteiger charge is 2.40. The van der Waals surface area contributed by atoms with Crippen molar-refractivity contribution in [2.75, 3.05) is 26.0 Å². The first-order valence-electron chi connectivity index (χ1n) is 5.89. The van der Waals surface area contributed by atoms with Crippen molar-refractivity contribution in [2.45, 2.75) is 43.3 Å². The van der Waals surface area contributed by atoms with Gasteiger partial charge in [0.25, 0.3) is 0 Å². The number of aliphatic hydroxyl groups excluding tert-OH is 3. The van der Waals surface area contributed by atoms with Crippen LogP contribution >= 0.6 is 11.8 Å². The predicted octanol–water partition coefficient (Wildman–Crippen LogP) is -0.0836. The Morgan fingerprint density at radius 2 is 2.00 bits per heavy atom. The van der Waals surface area contributed by atoms with E-state index in [2.05, 4.69) is 11.8 Å². The lowest BCUT2D eigenvalue weighted by Crippen LogP contribution is -2.61. The van der Waals surface area contributed by atoms with Gasteiger partial charge in [0.2, 0.25) is 0 Å². The van der Waals surface area contributed by atoms with Crippen LogP contribution in [0.15, 0.2) is 0 Å². The van der Waals surface area contributed by atoms with Gasteiger partial charge in [0.15, 0.2) is 0 Å². The van der Waals surface area contributed by atoms with Crippen molar-refractivity contribution >= 4 is 11.8 Å². The van der Waals surface area contributed by atoms with Gasteiger partial charge in [0.05, 0.1) is 24.9 Å². The number of hydrogen-bond acceptors (Lipinski definition) is 5. The van der Waals surface area contributed by atoms with Gasteiger partial charge in [0, 0.05) is 11.8 Å². The van der Waals surface area contributed by atoms with E-state index in [9.17, 15) is 15.3 Å². The lowest BCUT2D eigenvalue weighted by atomic mass is 9.95. The van der Waals surface area contributed by atoms with E-state index in [-0.39, 0.29) is 17.9 Å². The molecule has 1 rings (SSSR count). The molecule has 0 amide bonds. The summed E-state index contributed by atoms with van der Waals surface area (Å²) in [6.45, 7) is 3.64. The predicted molar refractivity (Wildman–Crippen MR) is 66.7 cm³/mol. The van der Waals surface area contributed by atoms with Gasteiger partial charge < -0.3 is 15.3 Å². The molecule has 16 heavy (non-hydrogen) atoms. The summed E-state index contributed by atoms with van der Waals surface area (Å²) < 4.78 is 0. The van der Waals surface area contributed by atoms with E-state index in [1.807, 2.05) is 6.26 Å². The standard InChI is InChI=1S/C11H23NO3S/c1-3-4-5-12-6-9(16-2)11(15)10(14)8(12)7-13/h8-11,13-15H,3-7H2,1-2H3/t8-,9+,10-,11-/m1/s1. The van der Waals surface area contributed by atoms with Crippen molar-refractivity contribution in [2.24, 2.45) is 0 Å². The third-order valence-corrected chi connectivity index (χ3v) is 4.33. The van der Waals surface area contributed by atoms with Crippen LogP contribution in [-0.4, -0.2) is 69.7 Å². The normalized spacial score (nSPS) is 36.6. The van der Waals surface area contributed by atoms with Gasteiger partial charge >= 0.3 is 0 Å². The molecular weight excluding hydrogens is 226 g/mol. The fourth-order valence-electron chi connectivity index (χ4n) is 2.19. The molecule has 0 unspecified atom stereocenters. The molecule has 1 aliphatic rings. The summed E-state index contributed by atoms with van der Waals surface area (Å²) in [6.07, 6.45) is 2.52. The Balaban J connectivity index is 2.65. The summed E-state index contributed by atoms with van der Waals surface area (Å²) in [5.41, 5.74) is 0. The lowest BCUT2D eigenvalue weighted by Gasteiger charge is -2.44. The van der Waals surface area contributed by atoms with Gasteiger partial charge in [0.1, 0.15) is 0 Å². The number of rotatable bonds is 5. The summed E-state index contributed by atoms with van der Waals surface area (Å²) in [7, 11) is 0. The number of thioether (sulfide) groups is 1. The Kier molecular flexibility index (Phi) is 6.07. The Bertz CT molecular complexity index is 206. The Labute approximate surface area is 102 Å². The van der Waals surface area contributed by atoms with Crippen LogP contribution in [0.25, 0.3) is 0 Å². The quantitative estimate of drug-likeness (QED) is 0.636. The number of hydrogen-bond donors (Lipinski definition) is 3. The zero-order chi connectivity index (χ0) is 12.1. The summed E-state index contributed by atoms with van der Waals surface area (Å²) in [5.74, 6) is 0. The molecule has 0 aromatic rings.